The molecule has 212 valence electrons. The number of hydrogen-bond donors (Lipinski definition) is 0. The quantitative estimate of drug-likeness (QED) is 0.457. The molecule has 0 radical (unpaired) electrons. The summed E-state index contributed by atoms with van der Waals surface area (Å²) in [5.74, 6) is 2.41. The van der Waals surface area contributed by atoms with Crippen LogP contribution in [0.2, 0.25) is 0 Å². The molecule has 3 heterocycles. The van der Waals surface area contributed by atoms with Crippen molar-refractivity contribution in [3.8, 4) is 5.75 Å². The minimum atomic E-state index is -0.0705. The van der Waals surface area contributed by atoms with E-state index in [0.29, 0.717) is 17.7 Å². The molecular formula is C32H51N3O3. The van der Waals surface area contributed by atoms with Crippen molar-refractivity contribution in [2.24, 2.45) is 17.3 Å². The topological polar surface area (TPSA) is 53.1 Å². The van der Waals surface area contributed by atoms with Crippen LogP contribution in [-0.4, -0.2) is 73.4 Å². The van der Waals surface area contributed by atoms with E-state index >= 15 is 0 Å². The summed E-state index contributed by atoms with van der Waals surface area (Å²) in [6.45, 7) is 15.8. The largest absolute Gasteiger partial charge is 0.497 e. The Labute approximate surface area is 231 Å². The van der Waals surface area contributed by atoms with E-state index in [0.717, 1.165) is 64.3 Å². The lowest BCUT2D eigenvalue weighted by Gasteiger charge is -2.36. The molecule has 2 amide bonds. The van der Waals surface area contributed by atoms with Crippen LogP contribution in [-0.2, 0) is 16.1 Å². The van der Waals surface area contributed by atoms with E-state index in [1.807, 2.05) is 86.1 Å². The van der Waals surface area contributed by atoms with Crippen LogP contribution in [0.15, 0.2) is 48.6 Å². The fraction of sp³-hybridized carbons (Fsp3) is 0.625. The Morgan fingerprint density at radius 2 is 1.61 bits per heavy atom. The molecule has 0 saturated carbocycles. The summed E-state index contributed by atoms with van der Waals surface area (Å²) in [4.78, 5) is 30.6. The molecule has 0 bridgehead atoms. The van der Waals surface area contributed by atoms with Crippen LogP contribution in [0.1, 0.15) is 65.9 Å². The van der Waals surface area contributed by atoms with Crippen LogP contribution < -0.4 is 4.74 Å². The lowest BCUT2D eigenvalue weighted by atomic mass is 9.77. The van der Waals surface area contributed by atoms with Gasteiger partial charge in [0.05, 0.1) is 12.5 Å². The number of hydrogen-bond acceptors (Lipinski definition) is 4. The summed E-state index contributed by atoms with van der Waals surface area (Å²) in [6.07, 6.45) is 12.2. The normalized spacial score (nSPS) is 21.2. The highest BCUT2D eigenvalue weighted by Crippen LogP contribution is 2.41. The highest BCUT2D eigenvalue weighted by molar-refractivity contribution is 5.85. The van der Waals surface area contributed by atoms with Gasteiger partial charge in [0.15, 0.2) is 0 Å². The molecule has 3 saturated heterocycles. The van der Waals surface area contributed by atoms with Gasteiger partial charge >= 0.3 is 0 Å². The van der Waals surface area contributed by atoms with Crippen molar-refractivity contribution in [1.29, 1.82) is 0 Å². The third-order valence-corrected chi connectivity index (χ3v) is 7.80. The highest BCUT2D eigenvalue weighted by atomic mass is 16.5. The lowest BCUT2D eigenvalue weighted by Crippen LogP contribution is -2.43. The molecule has 1 aromatic carbocycles. The van der Waals surface area contributed by atoms with E-state index in [1.54, 1.807) is 7.11 Å². The number of methoxy groups -OCH3 is 1. The average molecular weight is 526 g/mol. The Morgan fingerprint density at radius 1 is 1.03 bits per heavy atom. The second-order valence-electron chi connectivity index (χ2n) is 11.3. The monoisotopic (exact) mass is 525 g/mol. The van der Waals surface area contributed by atoms with Crippen molar-refractivity contribution in [2.75, 3.05) is 46.9 Å². The molecule has 1 spiro atoms. The Hall–Kier alpha value is -2.60. The SMILES string of the molecule is C/C=C\C=C/C.CC1CCN(C(=O)C(C)C)C1.COc1ccc(CN2CCC3(CCN(C)CC3)C2=O)cc1. The van der Waals surface area contributed by atoms with E-state index in [9.17, 15) is 9.59 Å². The summed E-state index contributed by atoms with van der Waals surface area (Å²) in [5.41, 5.74) is 1.10. The molecular weight excluding hydrogens is 474 g/mol. The maximum atomic E-state index is 12.8. The standard InChI is InChI=1S/C17H24N2O2.C9H17NO.C6H10/c1-18-10-7-17(8-11-18)9-12-19(16(17)20)13-14-3-5-15(21-2)6-4-14;1-7(2)9(11)10-5-4-8(3)6-10;1-3-5-6-4-2/h3-6H,7-13H2,1-2H3;7-8H,4-6H2,1-3H3;3-6H,1-2H3/b;;5-3-,6-4-. The number of carbonyl (C=O) groups is 2. The Balaban J connectivity index is 0.000000249. The zero-order chi connectivity index (χ0) is 28.1. The maximum absolute atomic E-state index is 12.8. The minimum Gasteiger partial charge on any atom is -0.497 e. The third kappa shape index (κ3) is 9.30. The Bertz CT molecular complexity index is 904. The zero-order valence-electron chi connectivity index (χ0n) is 24.9. The lowest BCUT2D eigenvalue weighted by molar-refractivity contribution is -0.138. The number of benzene rings is 1. The molecule has 3 aliphatic heterocycles. The number of rotatable bonds is 5. The molecule has 6 nitrogen and oxygen atoms in total. The van der Waals surface area contributed by atoms with Gasteiger partial charge in [0.25, 0.3) is 0 Å². The average Bonchev–Trinajstić information content (AvgIpc) is 3.49. The van der Waals surface area contributed by atoms with Crippen molar-refractivity contribution in [3.05, 3.63) is 54.1 Å². The molecule has 4 rings (SSSR count). The third-order valence-electron chi connectivity index (χ3n) is 7.80. The van der Waals surface area contributed by atoms with Crippen LogP contribution >= 0.6 is 0 Å². The Morgan fingerprint density at radius 3 is 2.08 bits per heavy atom. The van der Waals surface area contributed by atoms with Gasteiger partial charge in [-0.15, -0.1) is 0 Å². The van der Waals surface area contributed by atoms with Gasteiger partial charge in [0.2, 0.25) is 11.8 Å². The summed E-state index contributed by atoms with van der Waals surface area (Å²) in [5, 5.41) is 0. The molecule has 6 heteroatoms. The van der Waals surface area contributed by atoms with Crippen LogP contribution in [0, 0.1) is 17.3 Å². The summed E-state index contributed by atoms with van der Waals surface area (Å²) in [6, 6.07) is 8.01. The van der Waals surface area contributed by atoms with Gasteiger partial charge in [0, 0.05) is 32.1 Å². The van der Waals surface area contributed by atoms with Crippen molar-refractivity contribution < 1.29 is 14.3 Å². The summed E-state index contributed by atoms with van der Waals surface area (Å²) < 4.78 is 5.18. The van der Waals surface area contributed by atoms with Gasteiger partial charge in [-0.1, -0.05) is 57.2 Å². The fourth-order valence-corrected chi connectivity index (χ4v) is 5.23. The number of amides is 2. The van der Waals surface area contributed by atoms with Crippen LogP contribution in [0.25, 0.3) is 0 Å². The number of piperidine rings is 1. The van der Waals surface area contributed by atoms with Crippen LogP contribution in [0.3, 0.4) is 0 Å². The number of carbonyl (C=O) groups excluding carboxylic acids is 2. The van der Waals surface area contributed by atoms with Gasteiger partial charge in [-0.05, 0) is 83.3 Å². The first-order valence-electron chi connectivity index (χ1n) is 14.3. The number of likely N-dealkylation sites (tertiary alicyclic amines) is 3. The maximum Gasteiger partial charge on any atom is 0.229 e. The molecule has 0 aromatic heterocycles. The minimum absolute atomic E-state index is 0.0705. The van der Waals surface area contributed by atoms with Crippen molar-refractivity contribution >= 4 is 11.8 Å². The van der Waals surface area contributed by atoms with Gasteiger partial charge in [-0.2, -0.15) is 0 Å². The first-order valence-corrected chi connectivity index (χ1v) is 14.3. The van der Waals surface area contributed by atoms with E-state index in [2.05, 4.69) is 18.9 Å². The van der Waals surface area contributed by atoms with Gasteiger partial charge < -0.3 is 19.4 Å². The smallest absolute Gasteiger partial charge is 0.229 e. The molecule has 3 aliphatic rings. The van der Waals surface area contributed by atoms with Gasteiger partial charge in [-0.3, -0.25) is 9.59 Å². The van der Waals surface area contributed by atoms with Crippen molar-refractivity contribution in [2.45, 2.75) is 66.8 Å². The number of nitrogens with zero attached hydrogens (tertiary/aromatic N) is 3. The van der Waals surface area contributed by atoms with Crippen molar-refractivity contribution in [3.63, 3.8) is 0 Å². The molecule has 0 N–H and O–H groups in total. The first-order chi connectivity index (χ1) is 18.2. The van der Waals surface area contributed by atoms with Gasteiger partial charge in [-0.25, -0.2) is 0 Å². The molecule has 1 atom stereocenters. The van der Waals surface area contributed by atoms with E-state index in [4.69, 9.17) is 4.74 Å². The Kier molecular flexibility index (Phi) is 13.1. The van der Waals surface area contributed by atoms with Crippen molar-refractivity contribution in [1.82, 2.24) is 14.7 Å². The second kappa shape index (κ2) is 15.7. The summed E-state index contributed by atoms with van der Waals surface area (Å²) in [7, 11) is 3.81. The fourth-order valence-electron chi connectivity index (χ4n) is 5.23. The first kappa shape index (κ1) is 31.6. The zero-order valence-corrected chi connectivity index (χ0v) is 24.9. The second-order valence-corrected chi connectivity index (χ2v) is 11.3. The number of ether oxygens (including phenoxy) is 1. The molecule has 1 aromatic rings. The van der Waals surface area contributed by atoms with Crippen LogP contribution in [0.5, 0.6) is 5.75 Å². The van der Waals surface area contributed by atoms with E-state index < -0.39 is 0 Å². The van der Waals surface area contributed by atoms with E-state index in [-0.39, 0.29) is 11.3 Å². The van der Waals surface area contributed by atoms with E-state index in [1.165, 1.54) is 12.0 Å². The highest BCUT2D eigenvalue weighted by Gasteiger charge is 2.47. The van der Waals surface area contributed by atoms with Gasteiger partial charge in [0.1, 0.15) is 5.75 Å². The van der Waals surface area contributed by atoms with Crippen LogP contribution in [0.4, 0.5) is 0 Å². The predicted octanol–water partition coefficient (Wildman–Crippen LogP) is 5.79. The molecule has 3 fully saturated rings. The number of allylic oxidation sites excluding steroid dienone is 4. The molecule has 1 unspecified atom stereocenters. The predicted molar refractivity (Wildman–Crippen MR) is 157 cm³/mol. The molecule has 38 heavy (non-hydrogen) atoms. The molecule has 0 aliphatic carbocycles. The summed E-state index contributed by atoms with van der Waals surface area (Å²) >= 11 is 0.